The van der Waals surface area contributed by atoms with Crippen molar-refractivity contribution >= 4 is 33.9 Å². The number of rotatable bonds is 4. The first-order chi connectivity index (χ1) is 12.1. The number of nitrogens with zero attached hydrogens (tertiary/aromatic N) is 2. The van der Waals surface area contributed by atoms with Gasteiger partial charge in [0.1, 0.15) is 5.82 Å². The van der Waals surface area contributed by atoms with E-state index in [2.05, 4.69) is 10.3 Å². The number of nitro groups is 1. The predicted octanol–water partition coefficient (Wildman–Crippen LogP) is 4.14. The van der Waals surface area contributed by atoms with Crippen LogP contribution in [-0.4, -0.2) is 16.7 Å². The summed E-state index contributed by atoms with van der Waals surface area (Å²) < 4.78 is 10.7. The van der Waals surface area contributed by atoms with Gasteiger partial charge in [-0.05, 0) is 29.8 Å². The third kappa shape index (κ3) is 2.89. The average molecular weight is 358 g/mol. The van der Waals surface area contributed by atoms with Gasteiger partial charge in [0, 0.05) is 29.2 Å². The molecule has 0 unspecified atom stereocenters. The third-order valence-electron chi connectivity index (χ3n) is 3.92. The molecule has 3 aromatic rings. The van der Waals surface area contributed by atoms with E-state index in [4.69, 9.17) is 21.1 Å². The van der Waals surface area contributed by atoms with Crippen LogP contribution >= 0.6 is 11.6 Å². The van der Waals surface area contributed by atoms with E-state index < -0.39 is 4.92 Å². The number of aromatic nitrogens is 1. The van der Waals surface area contributed by atoms with Crippen molar-refractivity contribution in [3.8, 4) is 11.5 Å². The van der Waals surface area contributed by atoms with Crippen molar-refractivity contribution in [1.29, 1.82) is 0 Å². The molecule has 1 aliphatic rings. The minimum atomic E-state index is -0.449. The number of ether oxygens (including phenoxy) is 2. The van der Waals surface area contributed by atoms with E-state index in [0.29, 0.717) is 33.9 Å². The Morgan fingerprint density at radius 3 is 2.84 bits per heavy atom. The molecule has 8 heteroatoms. The fourth-order valence-electron chi connectivity index (χ4n) is 2.76. The molecule has 25 heavy (non-hydrogen) atoms. The van der Waals surface area contributed by atoms with Gasteiger partial charge in [-0.25, -0.2) is 4.98 Å². The van der Waals surface area contributed by atoms with Gasteiger partial charge in [-0.15, -0.1) is 0 Å². The number of benzene rings is 2. The lowest BCUT2D eigenvalue weighted by Gasteiger charge is -2.10. The Hall–Kier alpha value is -3.06. The summed E-state index contributed by atoms with van der Waals surface area (Å²) in [5.74, 6) is 1.94. The molecule has 4 rings (SSSR count). The van der Waals surface area contributed by atoms with Gasteiger partial charge in [0.25, 0.3) is 5.69 Å². The number of anilines is 1. The lowest BCUT2D eigenvalue weighted by molar-refractivity contribution is -0.383. The van der Waals surface area contributed by atoms with E-state index in [1.54, 1.807) is 12.1 Å². The Kier molecular flexibility index (Phi) is 3.77. The zero-order valence-electron chi connectivity index (χ0n) is 12.9. The fourth-order valence-corrected chi connectivity index (χ4v) is 2.97. The third-order valence-corrected chi connectivity index (χ3v) is 4.13. The highest BCUT2D eigenvalue weighted by molar-refractivity contribution is 6.32. The molecule has 2 aromatic carbocycles. The molecule has 0 amide bonds. The van der Waals surface area contributed by atoms with Gasteiger partial charge < -0.3 is 14.8 Å². The number of non-ortho nitro benzene ring substituents is 1. The van der Waals surface area contributed by atoms with Gasteiger partial charge in [-0.3, -0.25) is 10.1 Å². The standard InChI is InChI=1S/C17H12ClN3O4/c18-11-6-13-12(14(7-11)21(22)23)3-4-19-17(13)20-8-10-1-2-15-16(5-10)25-9-24-15/h1-7H,8-9H2,(H,19,20). The maximum atomic E-state index is 11.2. The number of nitrogens with one attached hydrogen (secondary N) is 1. The Morgan fingerprint density at radius 2 is 2.00 bits per heavy atom. The number of hydrogen-bond donors (Lipinski definition) is 1. The zero-order valence-corrected chi connectivity index (χ0v) is 13.6. The molecule has 0 spiro atoms. The topological polar surface area (TPSA) is 86.5 Å². The smallest absolute Gasteiger partial charge is 0.278 e. The summed E-state index contributed by atoms with van der Waals surface area (Å²) in [7, 11) is 0. The lowest BCUT2D eigenvalue weighted by Crippen LogP contribution is -2.02. The summed E-state index contributed by atoms with van der Waals surface area (Å²) >= 11 is 6.03. The molecule has 0 aliphatic carbocycles. The van der Waals surface area contributed by atoms with Crippen LogP contribution in [0.25, 0.3) is 10.8 Å². The predicted molar refractivity (Wildman–Crippen MR) is 93.3 cm³/mol. The van der Waals surface area contributed by atoms with Gasteiger partial charge in [0.15, 0.2) is 11.5 Å². The first-order valence-electron chi connectivity index (χ1n) is 7.47. The maximum Gasteiger partial charge on any atom is 0.278 e. The number of nitro benzene ring substituents is 1. The van der Waals surface area contributed by atoms with Crippen LogP contribution in [0.1, 0.15) is 5.56 Å². The van der Waals surface area contributed by atoms with Crippen molar-refractivity contribution in [3.63, 3.8) is 0 Å². The van der Waals surface area contributed by atoms with Gasteiger partial charge in [0.2, 0.25) is 6.79 Å². The molecule has 0 atom stereocenters. The quantitative estimate of drug-likeness (QED) is 0.558. The lowest BCUT2D eigenvalue weighted by atomic mass is 10.1. The number of hydrogen-bond acceptors (Lipinski definition) is 6. The Labute approximate surface area is 147 Å². The van der Waals surface area contributed by atoms with Gasteiger partial charge in [-0.2, -0.15) is 0 Å². The van der Waals surface area contributed by atoms with E-state index in [1.807, 2.05) is 18.2 Å². The first kappa shape index (κ1) is 15.5. The molecule has 0 saturated heterocycles. The SMILES string of the molecule is O=[N+]([O-])c1cc(Cl)cc2c(NCc3ccc4c(c3)OCO4)nccc12. The Morgan fingerprint density at radius 1 is 1.16 bits per heavy atom. The van der Waals surface area contributed by atoms with Crippen molar-refractivity contribution < 1.29 is 14.4 Å². The highest BCUT2D eigenvalue weighted by Crippen LogP contribution is 2.34. The van der Waals surface area contributed by atoms with E-state index in [-0.39, 0.29) is 12.5 Å². The van der Waals surface area contributed by atoms with Crippen molar-refractivity contribution in [2.45, 2.75) is 6.54 Å². The molecule has 0 bridgehead atoms. The first-order valence-corrected chi connectivity index (χ1v) is 7.84. The molecular formula is C17H12ClN3O4. The summed E-state index contributed by atoms with van der Waals surface area (Å²) in [6.07, 6.45) is 1.53. The summed E-state index contributed by atoms with van der Waals surface area (Å²) in [5, 5.41) is 15.8. The molecule has 2 heterocycles. The van der Waals surface area contributed by atoms with E-state index in [0.717, 1.165) is 11.3 Å². The van der Waals surface area contributed by atoms with E-state index in [1.165, 1.54) is 12.3 Å². The second-order valence-corrected chi connectivity index (χ2v) is 5.91. The van der Waals surface area contributed by atoms with Crippen LogP contribution in [0.5, 0.6) is 11.5 Å². The van der Waals surface area contributed by atoms with Crippen LogP contribution < -0.4 is 14.8 Å². The summed E-state index contributed by atoms with van der Waals surface area (Å²) in [6.45, 7) is 0.697. The largest absolute Gasteiger partial charge is 0.454 e. The van der Waals surface area contributed by atoms with Crippen molar-refractivity contribution in [2.75, 3.05) is 12.1 Å². The number of pyridine rings is 1. The summed E-state index contributed by atoms with van der Waals surface area (Å²) in [4.78, 5) is 15.1. The van der Waals surface area contributed by atoms with Gasteiger partial charge >= 0.3 is 0 Å². The Bertz CT molecular complexity index is 993. The highest BCUT2D eigenvalue weighted by Gasteiger charge is 2.17. The second-order valence-electron chi connectivity index (χ2n) is 5.48. The van der Waals surface area contributed by atoms with Crippen LogP contribution in [-0.2, 0) is 6.54 Å². The molecule has 0 fully saturated rings. The second kappa shape index (κ2) is 6.10. The minimum absolute atomic E-state index is 0.0453. The van der Waals surface area contributed by atoms with Crippen molar-refractivity contribution in [3.05, 3.63) is 63.3 Å². The average Bonchev–Trinajstić information content (AvgIpc) is 3.07. The molecule has 0 saturated carbocycles. The molecule has 0 radical (unpaired) electrons. The van der Waals surface area contributed by atoms with Crippen molar-refractivity contribution in [2.24, 2.45) is 0 Å². The fraction of sp³-hybridized carbons (Fsp3) is 0.118. The van der Waals surface area contributed by atoms with E-state index in [9.17, 15) is 10.1 Å². The minimum Gasteiger partial charge on any atom is -0.454 e. The molecule has 1 aromatic heterocycles. The summed E-state index contributed by atoms with van der Waals surface area (Å²) in [6, 6.07) is 10.3. The van der Waals surface area contributed by atoms with Crippen LogP contribution in [0.3, 0.4) is 0 Å². The van der Waals surface area contributed by atoms with Crippen LogP contribution in [0, 0.1) is 10.1 Å². The zero-order chi connectivity index (χ0) is 17.4. The van der Waals surface area contributed by atoms with Crippen LogP contribution in [0.4, 0.5) is 11.5 Å². The van der Waals surface area contributed by atoms with Crippen LogP contribution in [0.15, 0.2) is 42.6 Å². The van der Waals surface area contributed by atoms with E-state index >= 15 is 0 Å². The molecule has 126 valence electrons. The molecule has 7 nitrogen and oxygen atoms in total. The Balaban J connectivity index is 1.66. The number of halogens is 1. The summed E-state index contributed by atoms with van der Waals surface area (Å²) in [5.41, 5.74) is 0.926. The normalized spacial score (nSPS) is 12.4. The highest BCUT2D eigenvalue weighted by atomic mass is 35.5. The van der Waals surface area contributed by atoms with Crippen LogP contribution in [0.2, 0.25) is 5.02 Å². The van der Waals surface area contributed by atoms with Gasteiger partial charge in [0.05, 0.1) is 10.3 Å². The van der Waals surface area contributed by atoms with Crippen molar-refractivity contribution in [1.82, 2.24) is 4.98 Å². The number of fused-ring (bicyclic) bond motifs is 2. The molecular weight excluding hydrogens is 346 g/mol. The monoisotopic (exact) mass is 357 g/mol. The molecule has 1 N–H and O–H groups in total. The molecule has 1 aliphatic heterocycles. The maximum absolute atomic E-state index is 11.2. The van der Waals surface area contributed by atoms with Gasteiger partial charge in [-0.1, -0.05) is 17.7 Å².